The largest absolute Gasteiger partial charge is 0.246 e. The summed E-state index contributed by atoms with van der Waals surface area (Å²) in [6, 6.07) is 8.08. The molecule has 1 atom stereocenters. The minimum Gasteiger partial charge on any atom is -0.246 e. The molecule has 0 amide bonds. The Bertz CT molecular complexity index is 1060. The molecule has 0 saturated heterocycles. The van der Waals surface area contributed by atoms with Crippen molar-refractivity contribution in [1.29, 1.82) is 0 Å². The van der Waals surface area contributed by atoms with E-state index in [1.165, 1.54) is 0 Å². The molecule has 0 saturated carbocycles. The average molecular weight is 350 g/mol. The van der Waals surface area contributed by atoms with E-state index in [0.717, 1.165) is 28.8 Å². The maximum absolute atomic E-state index is 4.63. The average Bonchev–Trinajstić information content (AvgIpc) is 3.21. The Labute approximate surface area is 151 Å². The minimum absolute atomic E-state index is 0.273. The Hall–Kier alpha value is -2.90. The summed E-state index contributed by atoms with van der Waals surface area (Å²) in [7, 11) is 1.87. The van der Waals surface area contributed by atoms with Gasteiger partial charge in [0.05, 0.1) is 6.54 Å². The van der Waals surface area contributed by atoms with Gasteiger partial charge in [-0.05, 0) is 36.6 Å². The third kappa shape index (κ3) is 3.02. The molecule has 134 valence electrons. The van der Waals surface area contributed by atoms with E-state index in [9.17, 15) is 0 Å². The van der Waals surface area contributed by atoms with E-state index in [1.54, 1.807) is 9.48 Å². The highest BCUT2D eigenvalue weighted by molar-refractivity contribution is 5.70. The summed E-state index contributed by atoms with van der Waals surface area (Å²) in [6.45, 7) is 7.13. The number of hydrogen-bond donors (Lipinski definition) is 0. The maximum atomic E-state index is 4.63. The lowest BCUT2D eigenvalue weighted by atomic mass is 10.0. The van der Waals surface area contributed by atoms with Crippen LogP contribution in [0.4, 0.5) is 0 Å². The molecule has 4 aromatic rings. The van der Waals surface area contributed by atoms with Crippen molar-refractivity contribution in [1.82, 2.24) is 40.0 Å². The van der Waals surface area contributed by atoms with Gasteiger partial charge in [-0.25, -0.2) is 14.6 Å². The number of nitrogens with zero attached hydrogens (tertiary/aromatic N) is 8. The normalized spacial score (nSPS) is 13.1. The van der Waals surface area contributed by atoms with E-state index in [0.29, 0.717) is 23.8 Å². The Morgan fingerprint density at radius 3 is 2.50 bits per heavy atom. The van der Waals surface area contributed by atoms with Crippen LogP contribution in [0, 0.1) is 0 Å². The van der Waals surface area contributed by atoms with E-state index in [1.807, 2.05) is 31.3 Å². The van der Waals surface area contributed by atoms with Crippen LogP contribution < -0.4 is 0 Å². The highest BCUT2D eigenvalue weighted by Gasteiger charge is 2.12. The number of fused-ring (bicyclic) bond motifs is 2. The van der Waals surface area contributed by atoms with Crippen LogP contribution in [0.25, 0.3) is 22.3 Å². The molecule has 4 heterocycles. The molecule has 8 heteroatoms. The van der Waals surface area contributed by atoms with Crippen molar-refractivity contribution in [3.8, 4) is 0 Å². The number of hydrogen-bond acceptors (Lipinski definition) is 6. The first-order chi connectivity index (χ1) is 12.5. The summed E-state index contributed by atoms with van der Waals surface area (Å²) in [5.41, 5.74) is 5.22. The lowest BCUT2D eigenvalue weighted by Crippen LogP contribution is -2.07. The second-order valence-electron chi connectivity index (χ2n) is 7.01. The van der Waals surface area contributed by atoms with Crippen LogP contribution >= 0.6 is 0 Å². The van der Waals surface area contributed by atoms with Crippen LogP contribution in [-0.4, -0.2) is 40.0 Å². The molecule has 0 aliphatic heterocycles. The van der Waals surface area contributed by atoms with Crippen molar-refractivity contribution >= 4 is 22.3 Å². The van der Waals surface area contributed by atoms with Gasteiger partial charge >= 0.3 is 0 Å². The summed E-state index contributed by atoms with van der Waals surface area (Å²) in [5, 5.41) is 17.2. The topological polar surface area (TPSA) is 87.2 Å². The number of aryl methyl sites for hydroxylation is 2. The molecule has 0 bridgehead atoms. The van der Waals surface area contributed by atoms with Crippen LogP contribution in [0.5, 0.6) is 0 Å². The van der Waals surface area contributed by atoms with Crippen LogP contribution in [0.15, 0.2) is 24.3 Å². The van der Waals surface area contributed by atoms with Crippen molar-refractivity contribution in [3.63, 3.8) is 0 Å². The van der Waals surface area contributed by atoms with Crippen molar-refractivity contribution in [3.05, 3.63) is 35.7 Å². The molecular formula is C18H22N8. The fraction of sp³-hybridized carbons (Fsp3) is 0.444. The van der Waals surface area contributed by atoms with E-state index < -0.39 is 0 Å². The summed E-state index contributed by atoms with van der Waals surface area (Å²) in [6.07, 6.45) is 0.886. The van der Waals surface area contributed by atoms with Gasteiger partial charge in [-0.1, -0.05) is 26.0 Å². The Morgan fingerprint density at radius 2 is 1.69 bits per heavy atom. The van der Waals surface area contributed by atoms with Crippen molar-refractivity contribution in [2.45, 2.75) is 45.6 Å². The molecule has 0 aliphatic rings. The van der Waals surface area contributed by atoms with Crippen molar-refractivity contribution < 1.29 is 0 Å². The Balaban J connectivity index is 1.49. The molecule has 4 aromatic heterocycles. The first kappa shape index (κ1) is 16.6. The monoisotopic (exact) mass is 350 g/mol. The molecular weight excluding hydrogens is 328 g/mol. The summed E-state index contributed by atoms with van der Waals surface area (Å²) in [5.74, 6) is 0.654. The molecule has 8 nitrogen and oxygen atoms in total. The quantitative estimate of drug-likeness (QED) is 0.550. The van der Waals surface area contributed by atoms with Gasteiger partial charge in [0.1, 0.15) is 11.0 Å². The van der Waals surface area contributed by atoms with E-state index >= 15 is 0 Å². The predicted octanol–water partition coefficient (Wildman–Crippen LogP) is 2.82. The Kier molecular flexibility index (Phi) is 4.10. The fourth-order valence-corrected chi connectivity index (χ4v) is 2.96. The maximum Gasteiger partial charge on any atom is 0.202 e. The SMILES string of the molecule is CC(C)c1ccc2nn(CCC(C)c3ccc4c(nnn4C)n3)nc2n1. The molecule has 0 radical (unpaired) electrons. The molecule has 0 spiro atoms. The second kappa shape index (κ2) is 6.44. The minimum atomic E-state index is 0.273. The third-order valence-corrected chi connectivity index (χ3v) is 4.67. The number of rotatable bonds is 5. The van der Waals surface area contributed by atoms with Crippen LogP contribution in [-0.2, 0) is 13.6 Å². The van der Waals surface area contributed by atoms with Crippen LogP contribution in [0.3, 0.4) is 0 Å². The molecule has 0 aliphatic carbocycles. The van der Waals surface area contributed by atoms with Crippen molar-refractivity contribution in [2.24, 2.45) is 7.05 Å². The van der Waals surface area contributed by atoms with Crippen LogP contribution in [0.2, 0.25) is 0 Å². The van der Waals surface area contributed by atoms with E-state index in [4.69, 9.17) is 0 Å². The second-order valence-corrected chi connectivity index (χ2v) is 7.01. The molecule has 26 heavy (non-hydrogen) atoms. The van der Waals surface area contributed by atoms with Gasteiger partial charge in [-0.15, -0.1) is 10.2 Å². The predicted molar refractivity (Wildman–Crippen MR) is 98.7 cm³/mol. The summed E-state index contributed by atoms with van der Waals surface area (Å²) >= 11 is 0. The van der Waals surface area contributed by atoms with Gasteiger partial charge in [0.2, 0.25) is 11.3 Å². The van der Waals surface area contributed by atoms with E-state index in [-0.39, 0.29) is 5.92 Å². The van der Waals surface area contributed by atoms with Gasteiger partial charge in [0.25, 0.3) is 0 Å². The van der Waals surface area contributed by atoms with Gasteiger partial charge in [0.15, 0.2) is 0 Å². The summed E-state index contributed by atoms with van der Waals surface area (Å²) < 4.78 is 1.73. The zero-order chi connectivity index (χ0) is 18.3. The molecule has 0 N–H and O–H groups in total. The smallest absolute Gasteiger partial charge is 0.202 e. The summed E-state index contributed by atoms with van der Waals surface area (Å²) in [4.78, 5) is 11.0. The first-order valence-corrected chi connectivity index (χ1v) is 8.89. The van der Waals surface area contributed by atoms with Gasteiger partial charge in [-0.3, -0.25) is 0 Å². The zero-order valence-electron chi connectivity index (χ0n) is 15.5. The molecule has 1 unspecified atom stereocenters. The highest BCUT2D eigenvalue weighted by Crippen LogP contribution is 2.20. The van der Waals surface area contributed by atoms with Crippen LogP contribution in [0.1, 0.15) is 50.4 Å². The highest BCUT2D eigenvalue weighted by atomic mass is 15.5. The van der Waals surface area contributed by atoms with Gasteiger partial charge in [0, 0.05) is 24.4 Å². The molecule has 0 aromatic carbocycles. The molecule has 0 fully saturated rings. The lowest BCUT2D eigenvalue weighted by molar-refractivity contribution is 0.483. The zero-order valence-corrected chi connectivity index (χ0v) is 15.5. The van der Waals surface area contributed by atoms with Crippen molar-refractivity contribution in [2.75, 3.05) is 0 Å². The Morgan fingerprint density at radius 1 is 0.923 bits per heavy atom. The molecule has 4 rings (SSSR count). The standard InChI is InChI=1S/C18H22N8/c1-11(2)13-5-6-15-17(19-13)23-26(22-15)10-9-12(3)14-7-8-16-18(20-14)21-24-25(16)4/h5-8,11-12H,9-10H2,1-4H3. The first-order valence-electron chi connectivity index (χ1n) is 8.89. The third-order valence-electron chi connectivity index (χ3n) is 4.67. The van der Waals surface area contributed by atoms with Gasteiger partial charge < -0.3 is 0 Å². The number of pyridine rings is 2. The van der Waals surface area contributed by atoms with Gasteiger partial charge in [-0.2, -0.15) is 9.90 Å². The fourth-order valence-electron chi connectivity index (χ4n) is 2.96. The van der Waals surface area contributed by atoms with E-state index in [2.05, 4.69) is 51.2 Å². The number of aromatic nitrogens is 8. The lowest BCUT2D eigenvalue weighted by Gasteiger charge is -2.10.